The number of ketones is 1. The minimum Gasteiger partial charge on any atom is -0.488 e. The van der Waals surface area contributed by atoms with Crippen LogP contribution in [0.15, 0.2) is 96.6 Å². The lowest BCUT2D eigenvalue weighted by molar-refractivity contribution is 0.104. The van der Waals surface area contributed by atoms with Gasteiger partial charge in [0.15, 0.2) is 0 Å². The summed E-state index contributed by atoms with van der Waals surface area (Å²) in [6, 6.07) is 28.4. The van der Waals surface area contributed by atoms with Gasteiger partial charge in [0.25, 0.3) is 0 Å². The van der Waals surface area contributed by atoms with Crippen molar-refractivity contribution in [2.75, 3.05) is 0 Å². The van der Waals surface area contributed by atoms with Gasteiger partial charge < -0.3 is 4.74 Å². The molecule has 0 spiro atoms. The normalized spacial score (nSPS) is 11.2. The number of fused-ring (bicyclic) bond motifs is 1. The number of ether oxygens (including phenoxy) is 1. The quantitative estimate of drug-likeness (QED) is 0.213. The predicted octanol–water partition coefficient (Wildman–Crippen LogP) is 6.35. The van der Waals surface area contributed by atoms with E-state index < -0.39 is 0 Å². The molecule has 0 N–H and O–H groups in total. The third kappa shape index (κ3) is 4.36. The maximum absolute atomic E-state index is 14.0. The Balaban J connectivity index is 1.78. The van der Waals surface area contributed by atoms with Gasteiger partial charge in [-0.15, -0.1) is 0 Å². The third-order valence-electron chi connectivity index (χ3n) is 4.96. The first kappa shape index (κ1) is 20.1. The zero-order valence-electron chi connectivity index (χ0n) is 16.6. The molecule has 0 aliphatic heterocycles. The molecule has 4 rings (SSSR count). The average Bonchev–Trinajstić information content (AvgIpc) is 2.82. The van der Waals surface area contributed by atoms with E-state index in [9.17, 15) is 14.4 Å². The summed E-state index contributed by atoms with van der Waals surface area (Å²) in [5.41, 5.74) is 1.46. The fraction of sp³-hybridized carbons (Fsp3) is 0.0370. The van der Waals surface area contributed by atoms with Gasteiger partial charge in [0, 0.05) is 16.7 Å². The number of hydrogen-bond donors (Lipinski definition) is 0. The predicted molar refractivity (Wildman–Crippen MR) is 119 cm³/mol. The van der Waals surface area contributed by atoms with Gasteiger partial charge >= 0.3 is 0 Å². The minimum atomic E-state index is -0.365. The number of halogens is 1. The molecule has 0 saturated carbocycles. The number of hydrogen-bond acceptors (Lipinski definition) is 3. The SMILES string of the molecule is N#CC(=Cc1c(OCc2ccccc2F)ccc2ccccc12)C(=O)c1ccccc1. The van der Waals surface area contributed by atoms with E-state index in [2.05, 4.69) is 0 Å². The van der Waals surface area contributed by atoms with Gasteiger partial charge in [0.2, 0.25) is 5.78 Å². The van der Waals surface area contributed by atoms with Crippen LogP contribution in [0, 0.1) is 17.1 Å². The lowest BCUT2D eigenvalue weighted by Crippen LogP contribution is -2.03. The Kier molecular flexibility index (Phi) is 5.86. The fourth-order valence-corrected chi connectivity index (χ4v) is 3.36. The Morgan fingerprint density at radius 2 is 1.61 bits per heavy atom. The van der Waals surface area contributed by atoms with Crippen LogP contribution in [0.5, 0.6) is 5.75 Å². The molecule has 0 amide bonds. The number of allylic oxidation sites excluding steroid dienone is 1. The molecule has 31 heavy (non-hydrogen) atoms. The summed E-state index contributed by atoms with van der Waals surface area (Å²) < 4.78 is 20.0. The lowest BCUT2D eigenvalue weighted by atomic mass is 9.98. The molecule has 0 radical (unpaired) electrons. The van der Waals surface area contributed by atoms with Crippen molar-refractivity contribution in [1.82, 2.24) is 0 Å². The van der Waals surface area contributed by atoms with Gasteiger partial charge in [-0.05, 0) is 29.0 Å². The van der Waals surface area contributed by atoms with E-state index in [4.69, 9.17) is 4.74 Å². The molecule has 0 fully saturated rings. The topological polar surface area (TPSA) is 50.1 Å². The summed E-state index contributed by atoms with van der Waals surface area (Å²) in [7, 11) is 0. The molecule has 4 heteroatoms. The van der Waals surface area contributed by atoms with Crippen molar-refractivity contribution in [2.45, 2.75) is 6.61 Å². The van der Waals surface area contributed by atoms with Crippen LogP contribution in [0.3, 0.4) is 0 Å². The smallest absolute Gasteiger partial charge is 0.203 e. The van der Waals surface area contributed by atoms with E-state index in [1.54, 1.807) is 54.6 Å². The largest absolute Gasteiger partial charge is 0.488 e. The van der Waals surface area contributed by atoms with Crippen LogP contribution in [0.1, 0.15) is 21.5 Å². The lowest BCUT2D eigenvalue weighted by Gasteiger charge is -2.13. The summed E-state index contributed by atoms with van der Waals surface area (Å²) in [5.74, 6) is -0.246. The molecule has 0 heterocycles. The number of rotatable bonds is 6. The highest BCUT2D eigenvalue weighted by atomic mass is 19.1. The maximum atomic E-state index is 14.0. The second-order valence-corrected chi connectivity index (χ2v) is 6.94. The van der Waals surface area contributed by atoms with Crippen molar-refractivity contribution < 1.29 is 13.9 Å². The van der Waals surface area contributed by atoms with Crippen LogP contribution >= 0.6 is 0 Å². The standard InChI is InChI=1S/C27H18FNO2/c28-25-13-7-5-11-21(25)18-31-26-15-14-19-8-4-6-12-23(19)24(26)16-22(17-29)27(30)20-9-2-1-3-10-20/h1-16H,18H2. The van der Waals surface area contributed by atoms with Crippen LogP contribution < -0.4 is 4.74 Å². The van der Waals surface area contributed by atoms with Gasteiger partial charge in [-0.25, -0.2) is 4.39 Å². The highest BCUT2D eigenvalue weighted by Gasteiger charge is 2.15. The fourth-order valence-electron chi connectivity index (χ4n) is 3.36. The molecule has 0 aromatic heterocycles. The van der Waals surface area contributed by atoms with Crippen molar-refractivity contribution >= 4 is 22.6 Å². The molecule has 0 saturated heterocycles. The molecule has 4 aromatic rings. The van der Waals surface area contributed by atoms with Gasteiger partial charge in [0.1, 0.15) is 29.8 Å². The Hall–Kier alpha value is -4.23. The first-order chi connectivity index (χ1) is 15.2. The van der Waals surface area contributed by atoms with E-state index in [1.165, 1.54) is 6.07 Å². The third-order valence-corrected chi connectivity index (χ3v) is 4.96. The molecular weight excluding hydrogens is 389 g/mol. The molecule has 0 bridgehead atoms. The zero-order valence-corrected chi connectivity index (χ0v) is 16.6. The maximum Gasteiger partial charge on any atom is 0.203 e. The molecule has 150 valence electrons. The van der Waals surface area contributed by atoms with Crippen molar-refractivity contribution in [2.24, 2.45) is 0 Å². The van der Waals surface area contributed by atoms with E-state index in [-0.39, 0.29) is 23.8 Å². The zero-order chi connectivity index (χ0) is 21.6. The first-order valence-electron chi connectivity index (χ1n) is 9.77. The van der Waals surface area contributed by atoms with E-state index in [1.807, 2.05) is 42.5 Å². The van der Waals surface area contributed by atoms with Crippen LogP contribution in [0.25, 0.3) is 16.8 Å². The van der Waals surface area contributed by atoms with Gasteiger partial charge in [-0.1, -0.05) is 78.9 Å². The van der Waals surface area contributed by atoms with Gasteiger partial charge in [-0.2, -0.15) is 5.26 Å². The second-order valence-electron chi connectivity index (χ2n) is 6.94. The van der Waals surface area contributed by atoms with Gasteiger partial charge in [0.05, 0.1) is 0 Å². The average molecular weight is 407 g/mol. The molecule has 0 aliphatic rings. The molecular formula is C27H18FNO2. The van der Waals surface area contributed by atoms with E-state index in [0.29, 0.717) is 22.4 Å². The summed E-state index contributed by atoms with van der Waals surface area (Å²) in [5, 5.41) is 11.5. The van der Waals surface area contributed by atoms with E-state index in [0.717, 1.165) is 10.8 Å². The number of carbonyl (C=O) groups is 1. The van der Waals surface area contributed by atoms with Crippen LogP contribution in [0.4, 0.5) is 4.39 Å². The molecule has 0 aliphatic carbocycles. The van der Waals surface area contributed by atoms with Crippen molar-refractivity contribution in [3.05, 3.63) is 119 Å². The summed E-state index contributed by atoms with van der Waals surface area (Å²) >= 11 is 0. The number of nitrogens with zero attached hydrogens (tertiary/aromatic N) is 1. The van der Waals surface area contributed by atoms with Crippen LogP contribution in [-0.2, 0) is 6.61 Å². The highest BCUT2D eigenvalue weighted by molar-refractivity contribution is 6.15. The highest BCUT2D eigenvalue weighted by Crippen LogP contribution is 2.31. The summed E-state index contributed by atoms with van der Waals surface area (Å²) in [6.45, 7) is 0.0281. The number of nitriles is 1. The first-order valence-corrected chi connectivity index (χ1v) is 9.77. The number of benzene rings is 4. The Morgan fingerprint density at radius 1 is 0.903 bits per heavy atom. The Morgan fingerprint density at radius 3 is 2.39 bits per heavy atom. The van der Waals surface area contributed by atoms with Crippen LogP contribution in [-0.4, -0.2) is 5.78 Å². The Labute approximate surface area is 179 Å². The summed E-state index contributed by atoms with van der Waals surface area (Å²) in [6.07, 6.45) is 1.55. The van der Waals surface area contributed by atoms with Gasteiger partial charge in [-0.3, -0.25) is 4.79 Å². The van der Waals surface area contributed by atoms with Crippen molar-refractivity contribution in [3.63, 3.8) is 0 Å². The number of Topliss-reactive ketones (excluding diaryl/α,β-unsaturated/α-hetero) is 1. The number of carbonyl (C=O) groups excluding carboxylic acids is 1. The molecule has 0 atom stereocenters. The monoisotopic (exact) mass is 407 g/mol. The molecule has 3 nitrogen and oxygen atoms in total. The second kappa shape index (κ2) is 9.06. The Bertz CT molecular complexity index is 1320. The minimum absolute atomic E-state index is 0.00158. The van der Waals surface area contributed by atoms with Crippen molar-refractivity contribution in [3.8, 4) is 11.8 Å². The summed E-state index contributed by atoms with van der Waals surface area (Å²) in [4.78, 5) is 12.9. The van der Waals surface area contributed by atoms with E-state index >= 15 is 0 Å². The molecule has 4 aromatic carbocycles. The van der Waals surface area contributed by atoms with Crippen LogP contribution in [0.2, 0.25) is 0 Å². The molecule has 0 unspecified atom stereocenters. The van der Waals surface area contributed by atoms with Crippen molar-refractivity contribution in [1.29, 1.82) is 5.26 Å².